The van der Waals surface area contributed by atoms with Crippen LogP contribution in [0.2, 0.25) is 0 Å². The highest BCUT2D eigenvalue weighted by Crippen LogP contribution is 1.73. The van der Waals surface area contributed by atoms with Gasteiger partial charge in [-0.15, -0.1) is 0 Å². The van der Waals surface area contributed by atoms with Gasteiger partial charge in [0.1, 0.15) is 0 Å². The molecule has 0 saturated heterocycles. The molecule has 0 saturated carbocycles. The monoisotopic (exact) mass is 112 g/mol. The van der Waals surface area contributed by atoms with Crippen LogP contribution in [0.4, 0.5) is 0 Å². The molecule has 2 nitrogen and oxygen atoms in total. The Hall–Kier alpha value is -0.790. The second-order valence-electron chi connectivity index (χ2n) is 1.23. The molecule has 1 heterocycles. The van der Waals surface area contributed by atoms with E-state index in [1.54, 1.807) is 12.5 Å². The lowest BCUT2D eigenvalue weighted by Crippen LogP contribution is -1.76. The lowest BCUT2D eigenvalue weighted by atomic mass is 10.9. The van der Waals surface area contributed by atoms with Gasteiger partial charge in [0.05, 0.1) is 6.33 Å². The molecule has 46 valence electrons. The lowest BCUT2D eigenvalue weighted by Gasteiger charge is -1.76. The van der Waals surface area contributed by atoms with Crippen LogP contribution in [-0.4, -0.2) is 9.55 Å². The number of rotatable bonds is 0. The second-order valence-corrected chi connectivity index (χ2v) is 1.23. The first-order valence-corrected chi connectivity index (χ1v) is 2.81. The molecule has 0 N–H and O–H groups in total. The van der Waals surface area contributed by atoms with Gasteiger partial charge in [-0.1, -0.05) is 13.8 Å². The molecule has 0 aliphatic carbocycles. The molecule has 0 amide bonds. The first kappa shape index (κ1) is 7.21. The Morgan fingerprint density at radius 3 is 2.12 bits per heavy atom. The maximum Gasteiger partial charge on any atom is 0.0943 e. The number of hydrogen-bond acceptors (Lipinski definition) is 1. The average Bonchev–Trinajstić information content (AvgIpc) is 2.24. The molecule has 0 unspecified atom stereocenters. The van der Waals surface area contributed by atoms with Crippen molar-refractivity contribution < 1.29 is 0 Å². The summed E-state index contributed by atoms with van der Waals surface area (Å²) in [4.78, 5) is 3.78. The fourth-order valence-electron chi connectivity index (χ4n) is 0.326. The predicted molar refractivity (Wildman–Crippen MR) is 34.6 cm³/mol. The summed E-state index contributed by atoms with van der Waals surface area (Å²) in [5, 5.41) is 0. The van der Waals surface area contributed by atoms with Crippen LogP contribution in [0.5, 0.6) is 0 Å². The summed E-state index contributed by atoms with van der Waals surface area (Å²) in [6.45, 7) is 4.00. The third kappa shape index (κ3) is 2.39. The van der Waals surface area contributed by atoms with E-state index in [1.165, 1.54) is 0 Å². The lowest BCUT2D eigenvalue weighted by molar-refractivity contribution is 0.913. The molecule has 0 fully saturated rings. The minimum Gasteiger partial charge on any atom is -0.341 e. The summed E-state index contributed by atoms with van der Waals surface area (Å²) < 4.78 is 1.89. The highest BCUT2D eigenvalue weighted by atomic mass is 15.0. The van der Waals surface area contributed by atoms with Gasteiger partial charge in [-0.2, -0.15) is 0 Å². The van der Waals surface area contributed by atoms with Crippen molar-refractivity contribution in [1.82, 2.24) is 9.55 Å². The van der Waals surface area contributed by atoms with Crippen molar-refractivity contribution in [3.63, 3.8) is 0 Å². The second kappa shape index (κ2) is 4.37. The normalized spacial score (nSPS) is 7.38. The number of aromatic nitrogens is 2. The molecular weight excluding hydrogens is 100 g/mol. The van der Waals surface area contributed by atoms with Crippen molar-refractivity contribution in [2.75, 3.05) is 0 Å². The van der Waals surface area contributed by atoms with Gasteiger partial charge in [0, 0.05) is 19.4 Å². The van der Waals surface area contributed by atoms with E-state index in [0.29, 0.717) is 0 Å². The summed E-state index contributed by atoms with van der Waals surface area (Å²) in [6, 6.07) is 0. The van der Waals surface area contributed by atoms with Crippen molar-refractivity contribution in [2.24, 2.45) is 7.05 Å². The van der Waals surface area contributed by atoms with E-state index in [0.717, 1.165) is 0 Å². The highest BCUT2D eigenvalue weighted by Gasteiger charge is 1.69. The third-order valence-electron chi connectivity index (χ3n) is 0.637. The van der Waals surface area contributed by atoms with Crippen LogP contribution in [-0.2, 0) is 7.05 Å². The standard InChI is InChI=1S/C4H6N2.C2H6/c1-6-3-2-5-4-6;1-2/h2-4H,1H3;1-2H3. The van der Waals surface area contributed by atoms with Gasteiger partial charge >= 0.3 is 0 Å². The van der Waals surface area contributed by atoms with Gasteiger partial charge < -0.3 is 4.57 Å². The number of nitrogens with zero attached hydrogens (tertiary/aromatic N) is 2. The van der Waals surface area contributed by atoms with Gasteiger partial charge in [-0.3, -0.25) is 0 Å². The number of imidazole rings is 1. The molecule has 0 bridgehead atoms. The van der Waals surface area contributed by atoms with Crippen LogP contribution in [0.1, 0.15) is 13.8 Å². The molecule has 8 heavy (non-hydrogen) atoms. The quantitative estimate of drug-likeness (QED) is 0.496. The van der Waals surface area contributed by atoms with E-state index >= 15 is 0 Å². The SMILES string of the molecule is CC.Cn1ccnc1. The van der Waals surface area contributed by atoms with Gasteiger partial charge in [-0.05, 0) is 0 Å². The molecule has 1 aromatic heterocycles. The number of aryl methyl sites for hydroxylation is 1. The summed E-state index contributed by atoms with van der Waals surface area (Å²) in [5.41, 5.74) is 0. The molecular formula is C6H12N2. The molecule has 0 aromatic carbocycles. The van der Waals surface area contributed by atoms with Crippen LogP contribution in [0.15, 0.2) is 18.7 Å². The van der Waals surface area contributed by atoms with Crippen LogP contribution in [0.3, 0.4) is 0 Å². The molecule has 0 atom stereocenters. The summed E-state index contributed by atoms with van der Waals surface area (Å²) >= 11 is 0. The zero-order valence-electron chi connectivity index (χ0n) is 5.63. The Bertz CT molecular complexity index is 110. The largest absolute Gasteiger partial charge is 0.341 e. The van der Waals surface area contributed by atoms with E-state index in [4.69, 9.17) is 0 Å². The summed E-state index contributed by atoms with van der Waals surface area (Å²) in [7, 11) is 1.94. The average molecular weight is 112 g/mol. The van der Waals surface area contributed by atoms with Gasteiger partial charge in [-0.25, -0.2) is 4.98 Å². The third-order valence-corrected chi connectivity index (χ3v) is 0.637. The Labute approximate surface area is 50.2 Å². The highest BCUT2D eigenvalue weighted by molar-refractivity contribution is 4.70. The Morgan fingerprint density at radius 2 is 2.00 bits per heavy atom. The summed E-state index contributed by atoms with van der Waals surface area (Å²) in [6.07, 6.45) is 5.39. The van der Waals surface area contributed by atoms with E-state index in [-0.39, 0.29) is 0 Å². The minimum absolute atomic E-state index is 1.75. The maximum absolute atomic E-state index is 3.78. The zero-order chi connectivity index (χ0) is 6.41. The molecule has 2 heteroatoms. The van der Waals surface area contributed by atoms with Crippen LogP contribution in [0.25, 0.3) is 0 Å². The van der Waals surface area contributed by atoms with Crippen molar-refractivity contribution in [3.8, 4) is 0 Å². The van der Waals surface area contributed by atoms with Gasteiger partial charge in [0.15, 0.2) is 0 Å². The smallest absolute Gasteiger partial charge is 0.0943 e. The maximum atomic E-state index is 3.78. The Kier molecular flexibility index (Phi) is 3.94. The van der Waals surface area contributed by atoms with Crippen LogP contribution < -0.4 is 0 Å². The summed E-state index contributed by atoms with van der Waals surface area (Å²) in [5.74, 6) is 0. The first-order valence-electron chi connectivity index (χ1n) is 2.81. The molecule has 1 aromatic rings. The van der Waals surface area contributed by atoms with Crippen molar-refractivity contribution in [2.45, 2.75) is 13.8 Å². The van der Waals surface area contributed by atoms with Crippen molar-refractivity contribution in [3.05, 3.63) is 18.7 Å². The first-order chi connectivity index (χ1) is 3.89. The van der Waals surface area contributed by atoms with Gasteiger partial charge in [0.25, 0.3) is 0 Å². The molecule has 0 aliphatic heterocycles. The van der Waals surface area contributed by atoms with Crippen molar-refractivity contribution in [1.29, 1.82) is 0 Å². The van der Waals surface area contributed by atoms with Crippen molar-refractivity contribution >= 4 is 0 Å². The Balaban J connectivity index is 0.000000222. The fraction of sp³-hybridized carbons (Fsp3) is 0.500. The fourth-order valence-corrected chi connectivity index (χ4v) is 0.326. The topological polar surface area (TPSA) is 17.8 Å². The van der Waals surface area contributed by atoms with E-state index in [9.17, 15) is 0 Å². The Morgan fingerprint density at radius 1 is 1.38 bits per heavy atom. The van der Waals surface area contributed by atoms with Gasteiger partial charge in [0.2, 0.25) is 0 Å². The van der Waals surface area contributed by atoms with E-state index in [2.05, 4.69) is 4.98 Å². The van der Waals surface area contributed by atoms with E-state index in [1.807, 2.05) is 31.7 Å². The molecule has 1 rings (SSSR count). The molecule has 0 aliphatic rings. The van der Waals surface area contributed by atoms with E-state index < -0.39 is 0 Å². The number of hydrogen-bond donors (Lipinski definition) is 0. The zero-order valence-corrected chi connectivity index (χ0v) is 5.63. The van der Waals surface area contributed by atoms with Crippen LogP contribution in [0, 0.1) is 0 Å². The molecule has 0 spiro atoms. The van der Waals surface area contributed by atoms with Crippen LogP contribution >= 0.6 is 0 Å². The molecule has 0 radical (unpaired) electrons. The predicted octanol–water partition coefficient (Wildman–Crippen LogP) is 1.45. The minimum atomic E-state index is 1.75.